The minimum atomic E-state index is 0. The Bertz CT molecular complexity index is 914. The molecular weight excluding hydrogens is 479 g/mol. The number of rotatable bonds is 14. The molecule has 6 heteroatoms. The number of halogens is 2. The summed E-state index contributed by atoms with van der Waals surface area (Å²) in [5, 5.41) is 0. The molecule has 2 N–H and O–H groups in total. The highest BCUT2D eigenvalue weighted by Crippen LogP contribution is 2.33. The second-order valence-electron chi connectivity index (χ2n) is 9.30. The van der Waals surface area contributed by atoms with E-state index in [-0.39, 0.29) is 24.8 Å². The number of anilines is 1. The summed E-state index contributed by atoms with van der Waals surface area (Å²) in [6, 6.07) is 12.7. The average Bonchev–Trinajstić information content (AvgIpc) is 2.84. The van der Waals surface area contributed by atoms with Crippen molar-refractivity contribution in [1.82, 2.24) is 0 Å². The van der Waals surface area contributed by atoms with E-state index in [1.54, 1.807) is 14.2 Å². The van der Waals surface area contributed by atoms with Gasteiger partial charge in [-0.05, 0) is 36.2 Å². The van der Waals surface area contributed by atoms with Crippen LogP contribution in [-0.4, -0.2) is 31.1 Å². The minimum Gasteiger partial charge on any atom is -1.00 e. The van der Waals surface area contributed by atoms with E-state index in [0.29, 0.717) is 0 Å². The van der Waals surface area contributed by atoms with Gasteiger partial charge in [0, 0.05) is 29.7 Å². The fraction of sp³-hybridized carbons (Fsp3) is 0.552. The van der Waals surface area contributed by atoms with E-state index < -0.39 is 0 Å². The van der Waals surface area contributed by atoms with Gasteiger partial charge in [0.2, 0.25) is 0 Å². The second-order valence-corrected chi connectivity index (χ2v) is 9.30. The van der Waals surface area contributed by atoms with Crippen molar-refractivity contribution in [2.24, 2.45) is 0 Å². The summed E-state index contributed by atoms with van der Waals surface area (Å²) in [5.41, 5.74) is 12.2. The summed E-state index contributed by atoms with van der Waals surface area (Å²) in [7, 11) is 3.44. The number of nitrogens with zero attached hydrogens (tertiary/aromatic N) is 1. The molecule has 0 saturated heterocycles. The molecule has 0 saturated carbocycles. The molecule has 196 valence electrons. The Labute approximate surface area is 225 Å². The summed E-state index contributed by atoms with van der Waals surface area (Å²) < 4.78 is 13.8. The molecule has 0 amide bonds. The standard InChI is InChI=1S/C29H43N2O2.2ClH/c1-4-5-6-7-8-9-10-11-12-13-27-26-21-29(33-3)28(32-2)20-24(26)18-19-31(27)22-23-14-16-25(30)17-15-23;;/h14-17,20-21H,4-13,18-19,22,30H2,1-3H3;2*1H/q+1;;/p-1. The van der Waals surface area contributed by atoms with Gasteiger partial charge < -0.3 is 27.6 Å². The predicted molar refractivity (Wildman–Crippen MR) is 146 cm³/mol. The van der Waals surface area contributed by atoms with E-state index in [2.05, 4.69) is 35.8 Å². The van der Waals surface area contributed by atoms with E-state index in [1.807, 2.05) is 12.1 Å². The van der Waals surface area contributed by atoms with Crippen LogP contribution in [0, 0.1) is 0 Å². The number of hydrogen-bond acceptors (Lipinski definition) is 3. The molecule has 1 aliphatic heterocycles. The molecule has 0 aliphatic carbocycles. The third kappa shape index (κ3) is 9.24. The lowest BCUT2D eigenvalue weighted by atomic mass is 9.92. The summed E-state index contributed by atoms with van der Waals surface area (Å²) in [6.07, 6.45) is 14.3. The number of benzene rings is 2. The summed E-state index contributed by atoms with van der Waals surface area (Å²) in [5.74, 6) is 1.64. The van der Waals surface area contributed by atoms with E-state index in [0.717, 1.165) is 43.1 Å². The third-order valence-electron chi connectivity index (χ3n) is 6.82. The Morgan fingerprint density at radius 1 is 0.829 bits per heavy atom. The molecule has 0 bridgehead atoms. The quantitative estimate of drug-likeness (QED) is 0.230. The smallest absolute Gasteiger partial charge is 0.184 e. The highest BCUT2D eigenvalue weighted by Gasteiger charge is 2.27. The normalized spacial score (nSPS) is 12.4. The molecule has 2 aromatic carbocycles. The van der Waals surface area contributed by atoms with Crippen LogP contribution in [0.25, 0.3) is 0 Å². The van der Waals surface area contributed by atoms with Gasteiger partial charge in [0.05, 0.1) is 14.2 Å². The highest BCUT2D eigenvalue weighted by atomic mass is 35.5. The lowest BCUT2D eigenvalue weighted by Crippen LogP contribution is -3.00. The molecule has 0 aromatic heterocycles. The number of nitrogens with two attached hydrogens (primary N) is 1. The van der Waals surface area contributed by atoms with Crippen LogP contribution in [0.2, 0.25) is 0 Å². The molecule has 3 rings (SSSR count). The Hall–Kier alpha value is -1.91. The van der Waals surface area contributed by atoms with Crippen LogP contribution >= 0.6 is 12.4 Å². The van der Waals surface area contributed by atoms with Gasteiger partial charge in [-0.25, -0.2) is 4.58 Å². The van der Waals surface area contributed by atoms with Gasteiger partial charge in [-0.1, -0.05) is 70.4 Å². The summed E-state index contributed by atoms with van der Waals surface area (Å²) >= 11 is 0. The molecule has 0 fully saturated rings. The van der Waals surface area contributed by atoms with Crippen LogP contribution in [0.15, 0.2) is 36.4 Å². The van der Waals surface area contributed by atoms with E-state index in [4.69, 9.17) is 15.2 Å². The monoisotopic (exact) mass is 522 g/mol. The maximum atomic E-state index is 5.90. The fourth-order valence-corrected chi connectivity index (χ4v) is 4.87. The molecule has 0 unspecified atom stereocenters. The van der Waals surface area contributed by atoms with Crippen molar-refractivity contribution in [2.45, 2.75) is 84.1 Å². The first-order valence-electron chi connectivity index (χ1n) is 12.9. The van der Waals surface area contributed by atoms with E-state index >= 15 is 0 Å². The molecule has 35 heavy (non-hydrogen) atoms. The van der Waals surface area contributed by atoms with Gasteiger partial charge in [-0.2, -0.15) is 0 Å². The van der Waals surface area contributed by atoms with Crippen LogP contribution in [0.5, 0.6) is 11.5 Å². The van der Waals surface area contributed by atoms with Crippen molar-refractivity contribution >= 4 is 23.8 Å². The van der Waals surface area contributed by atoms with Gasteiger partial charge >= 0.3 is 0 Å². The zero-order valence-electron chi connectivity index (χ0n) is 21.8. The van der Waals surface area contributed by atoms with E-state index in [1.165, 1.54) is 80.2 Å². The number of unbranched alkanes of at least 4 members (excludes halogenated alkanes) is 8. The van der Waals surface area contributed by atoms with Crippen molar-refractivity contribution in [3.63, 3.8) is 0 Å². The molecular formula is C29H44Cl2N2O2. The molecule has 2 aromatic rings. The van der Waals surface area contributed by atoms with Gasteiger partial charge in [0.1, 0.15) is 6.54 Å². The van der Waals surface area contributed by atoms with Gasteiger partial charge in [-0.3, -0.25) is 0 Å². The Morgan fingerprint density at radius 2 is 1.40 bits per heavy atom. The molecule has 0 atom stereocenters. The van der Waals surface area contributed by atoms with Gasteiger partial charge in [0.25, 0.3) is 0 Å². The summed E-state index contributed by atoms with van der Waals surface area (Å²) in [6.45, 7) is 4.23. The zero-order chi connectivity index (χ0) is 23.5. The first kappa shape index (κ1) is 31.1. The molecule has 0 spiro atoms. The van der Waals surface area contributed by atoms with Crippen molar-refractivity contribution in [2.75, 3.05) is 26.5 Å². The Morgan fingerprint density at radius 3 is 2.00 bits per heavy atom. The predicted octanol–water partition coefficient (Wildman–Crippen LogP) is 4.19. The largest absolute Gasteiger partial charge is 1.00 e. The second kappa shape index (κ2) is 16.7. The fourth-order valence-electron chi connectivity index (χ4n) is 4.87. The topological polar surface area (TPSA) is 47.5 Å². The maximum absolute atomic E-state index is 5.90. The average molecular weight is 524 g/mol. The van der Waals surface area contributed by atoms with E-state index in [9.17, 15) is 0 Å². The maximum Gasteiger partial charge on any atom is 0.184 e. The number of fused-ring (bicyclic) bond motifs is 1. The van der Waals surface area contributed by atoms with Crippen molar-refractivity contribution in [3.05, 3.63) is 53.1 Å². The van der Waals surface area contributed by atoms with Crippen molar-refractivity contribution in [1.29, 1.82) is 0 Å². The first-order chi connectivity index (χ1) is 16.2. The van der Waals surface area contributed by atoms with Crippen LogP contribution in [0.1, 0.15) is 87.8 Å². The Kier molecular flexibility index (Phi) is 14.9. The molecule has 0 radical (unpaired) electrons. The minimum absolute atomic E-state index is 0. The van der Waals surface area contributed by atoms with Gasteiger partial charge in [-0.15, -0.1) is 12.4 Å². The Balaban J connectivity index is 0.00000306. The number of nitrogen functional groups attached to an aromatic ring is 1. The lowest BCUT2D eigenvalue weighted by Gasteiger charge is -2.21. The van der Waals surface area contributed by atoms with Crippen molar-refractivity contribution in [3.8, 4) is 11.5 Å². The molecule has 4 nitrogen and oxygen atoms in total. The third-order valence-corrected chi connectivity index (χ3v) is 6.82. The van der Waals surface area contributed by atoms with Crippen LogP contribution < -0.4 is 27.6 Å². The summed E-state index contributed by atoms with van der Waals surface area (Å²) in [4.78, 5) is 0. The molecule has 1 aliphatic rings. The van der Waals surface area contributed by atoms with Gasteiger partial charge in [0.15, 0.2) is 23.8 Å². The lowest BCUT2D eigenvalue weighted by molar-refractivity contribution is -0.545. The van der Waals surface area contributed by atoms with Crippen LogP contribution in [0.3, 0.4) is 0 Å². The number of ether oxygens (including phenoxy) is 2. The highest BCUT2D eigenvalue weighted by molar-refractivity contribution is 5.99. The van der Waals surface area contributed by atoms with Crippen molar-refractivity contribution < 1.29 is 26.5 Å². The first-order valence-corrected chi connectivity index (χ1v) is 12.9. The zero-order valence-corrected chi connectivity index (χ0v) is 23.4. The number of hydrogen-bond donors (Lipinski definition) is 1. The SMILES string of the molecule is CCCCCCCCCCCC1=[N+](Cc2ccc(N)cc2)CCc2cc(OC)c(OC)cc21.Cl.[Cl-]. The molecule has 1 heterocycles. The number of methoxy groups -OCH3 is 2. The van der Waals surface area contributed by atoms with Crippen LogP contribution in [0.4, 0.5) is 5.69 Å². The van der Waals surface area contributed by atoms with Crippen LogP contribution in [-0.2, 0) is 13.0 Å².